The lowest BCUT2D eigenvalue weighted by Crippen LogP contribution is -2.27. The Kier molecular flexibility index (Phi) is 2.64. The molecule has 0 radical (unpaired) electrons. The summed E-state index contributed by atoms with van der Waals surface area (Å²) in [7, 11) is 0. The van der Waals surface area contributed by atoms with Crippen molar-refractivity contribution in [1.29, 1.82) is 0 Å². The molecule has 8 heteroatoms. The van der Waals surface area contributed by atoms with Crippen molar-refractivity contribution in [2.45, 2.75) is 6.18 Å². The number of hydrogen-bond donors (Lipinski definition) is 3. The average molecular weight is 262 g/mol. The van der Waals surface area contributed by atoms with Gasteiger partial charge in [0, 0.05) is 0 Å². The van der Waals surface area contributed by atoms with Crippen LogP contribution in [0, 0.1) is 5.82 Å². The van der Waals surface area contributed by atoms with Crippen LogP contribution in [0.25, 0.3) is 0 Å². The SMILES string of the molecule is O=C1Nc2c(F)cc(C(F)(F)F)cc2NC1=CO. The van der Waals surface area contributed by atoms with Gasteiger partial charge < -0.3 is 15.7 Å². The molecular weight excluding hydrogens is 256 g/mol. The molecule has 3 N–H and O–H groups in total. The highest BCUT2D eigenvalue weighted by atomic mass is 19.4. The fourth-order valence-corrected chi connectivity index (χ4v) is 1.47. The summed E-state index contributed by atoms with van der Waals surface area (Å²) in [6.07, 6.45) is -4.32. The number of hydrogen-bond acceptors (Lipinski definition) is 3. The number of anilines is 2. The zero-order valence-corrected chi connectivity index (χ0v) is 8.60. The standard InChI is InChI=1S/C10H6F4N2O2/c11-5-1-4(10(12,13)14)2-6-8(5)16-9(18)7(3-17)15-6/h1-3,15,17H,(H,16,18). The molecule has 2 rings (SSSR count). The Bertz CT molecular complexity index is 552. The minimum absolute atomic E-state index is 0.276. The van der Waals surface area contributed by atoms with Gasteiger partial charge in [-0.25, -0.2) is 4.39 Å². The first kappa shape index (κ1) is 12.2. The van der Waals surface area contributed by atoms with Crippen molar-refractivity contribution in [3.8, 4) is 0 Å². The third-order valence-electron chi connectivity index (χ3n) is 2.30. The fourth-order valence-electron chi connectivity index (χ4n) is 1.47. The Morgan fingerprint density at radius 2 is 1.89 bits per heavy atom. The lowest BCUT2D eigenvalue weighted by Gasteiger charge is -2.22. The van der Waals surface area contributed by atoms with Crippen molar-refractivity contribution in [2.75, 3.05) is 10.6 Å². The van der Waals surface area contributed by atoms with Gasteiger partial charge in [0.2, 0.25) is 0 Å². The summed E-state index contributed by atoms with van der Waals surface area (Å²) in [5.41, 5.74) is -2.23. The Morgan fingerprint density at radius 1 is 1.22 bits per heavy atom. The van der Waals surface area contributed by atoms with Gasteiger partial charge in [0.05, 0.1) is 11.3 Å². The van der Waals surface area contributed by atoms with Crippen LogP contribution in [0.15, 0.2) is 24.1 Å². The van der Waals surface area contributed by atoms with Crippen molar-refractivity contribution in [2.24, 2.45) is 0 Å². The van der Waals surface area contributed by atoms with E-state index in [9.17, 15) is 22.4 Å². The maximum Gasteiger partial charge on any atom is 0.416 e. The molecule has 1 aromatic carbocycles. The van der Waals surface area contributed by atoms with Crippen LogP contribution in [0.5, 0.6) is 0 Å². The lowest BCUT2D eigenvalue weighted by atomic mass is 10.1. The minimum atomic E-state index is -4.71. The summed E-state index contributed by atoms with van der Waals surface area (Å²) in [5, 5.41) is 12.9. The molecule has 96 valence electrons. The third kappa shape index (κ3) is 1.96. The number of halogens is 4. The van der Waals surface area contributed by atoms with Crippen molar-refractivity contribution in [3.05, 3.63) is 35.5 Å². The van der Waals surface area contributed by atoms with Gasteiger partial charge in [-0.3, -0.25) is 4.79 Å². The number of aliphatic hydroxyl groups excluding tert-OH is 1. The van der Waals surface area contributed by atoms with Crippen LogP contribution in [-0.4, -0.2) is 11.0 Å². The molecule has 1 amide bonds. The van der Waals surface area contributed by atoms with Gasteiger partial charge in [-0.1, -0.05) is 0 Å². The van der Waals surface area contributed by atoms with Crippen LogP contribution >= 0.6 is 0 Å². The molecule has 0 saturated heterocycles. The number of carbonyl (C=O) groups is 1. The van der Waals surface area contributed by atoms with Gasteiger partial charge >= 0.3 is 6.18 Å². The van der Waals surface area contributed by atoms with Crippen LogP contribution in [0.2, 0.25) is 0 Å². The van der Waals surface area contributed by atoms with Gasteiger partial charge in [-0.15, -0.1) is 0 Å². The Balaban J connectivity index is 2.55. The highest BCUT2D eigenvalue weighted by Crippen LogP contribution is 2.37. The van der Waals surface area contributed by atoms with E-state index in [1.807, 2.05) is 5.32 Å². The number of carbonyl (C=O) groups excluding carboxylic acids is 1. The third-order valence-corrected chi connectivity index (χ3v) is 2.30. The molecule has 0 aliphatic carbocycles. The van der Waals surface area contributed by atoms with E-state index in [-0.39, 0.29) is 17.5 Å². The maximum absolute atomic E-state index is 13.4. The average Bonchev–Trinajstić information content (AvgIpc) is 2.28. The smallest absolute Gasteiger partial charge is 0.416 e. The highest BCUT2D eigenvalue weighted by molar-refractivity contribution is 6.11. The predicted molar refractivity (Wildman–Crippen MR) is 54.4 cm³/mol. The first-order valence-electron chi connectivity index (χ1n) is 4.66. The van der Waals surface area contributed by atoms with E-state index >= 15 is 0 Å². The van der Waals surface area contributed by atoms with E-state index in [2.05, 4.69) is 5.32 Å². The number of aliphatic hydroxyl groups is 1. The normalized spacial score (nSPS) is 17.1. The van der Waals surface area contributed by atoms with E-state index in [0.717, 1.165) is 0 Å². The number of alkyl halides is 3. The quantitative estimate of drug-likeness (QED) is 0.382. The van der Waals surface area contributed by atoms with Gasteiger partial charge in [-0.2, -0.15) is 13.2 Å². The Morgan fingerprint density at radius 3 is 2.44 bits per heavy atom. The van der Waals surface area contributed by atoms with Crippen LogP contribution in [0.3, 0.4) is 0 Å². The van der Waals surface area contributed by atoms with E-state index in [1.54, 1.807) is 0 Å². The number of nitrogens with one attached hydrogen (secondary N) is 2. The first-order chi connectivity index (χ1) is 8.32. The number of fused-ring (bicyclic) bond motifs is 1. The van der Waals surface area contributed by atoms with Gasteiger partial charge in [0.25, 0.3) is 5.91 Å². The topological polar surface area (TPSA) is 61.4 Å². The molecule has 4 nitrogen and oxygen atoms in total. The van der Waals surface area contributed by atoms with Crippen LogP contribution in [0.1, 0.15) is 5.56 Å². The molecular formula is C10H6F4N2O2. The second-order valence-electron chi connectivity index (χ2n) is 3.50. The molecule has 1 aliphatic rings. The number of amides is 1. The molecule has 0 aromatic heterocycles. The highest BCUT2D eigenvalue weighted by Gasteiger charge is 2.34. The summed E-state index contributed by atoms with van der Waals surface area (Å²) in [6, 6.07) is 0.926. The van der Waals surface area contributed by atoms with Crippen molar-refractivity contribution < 1.29 is 27.5 Å². The summed E-state index contributed by atoms with van der Waals surface area (Å²) >= 11 is 0. The predicted octanol–water partition coefficient (Wildman–Crippen LogP) is 2.61. The molecule has 18 heavy (non-hydrogen) atoms. The van der Waals surface area contributed by atoms with Crippen molar-refractivity contribution >= 4 is 17.3 Å². The minimum Gasteiger partial charge on any atom is -0.513 e. The molecule has 0 bridgehead atoms. The van der Waals surface area contributed by atoms with Gasteiger partial charge in [0.1, 0.15) is 23.5 Å². The van der Waals surface area contributed by atoms with E-state index in [0.29, 0.717) is 12.3 Å². The molecule has 1 heterocycles. The number of benzene rings is 1. The van der Waals surface area contributed by atoms with Crippen molar-refractivity contribution in [3.63, 3.8) is 0 Å². The van der Waals surface area contributed by atoms with E-state index in [4.69, 9.17) is 5.11 Å². The number of rotatable bonds is 0. The summed E-state index contributed by atoms with van der Waals surface area (Å²) in [6.45, 7) is 0. The molecule has 0 saturated carbocycles. The second kappa shape index (κ2) is 3.90. The lowest BCUT2D eigenvalue weighted by molar-refractivity contribution is -0.137. The summed E-state index contributed by atoms with van der Waals surface area (Å²) in [5.74, 6) is -2.05. The summed E-state index contributed by atoms with van der Waals surface area (Å²) < 4.78 is 50.8. The Hall–Kier alpha value is -2.25. The van der Waals surface area contributed by atoms with Gasteiger partial charge in [0.15, 0.2) is 0 Å². The molecule has 0 unspecified atom stereocenters. The van der Waals surface area contributed by atoms with E-state index < -0.39 is 29.2 Å². The summed E-state index contributed by atoms with van der Waals surface area (Å²) in [4.78, 5) is 11.2. The first-order valence-corrected chi connectivity index (χ1v) is 4.66. The largest absolute Gasteiger partial charge is 0.513 e. The molecule has 1 aromatic rings. The van der Waals surface area contributed by atoms with Gasteiger partial charge in [-0.05, 0) is 12.1 Å². The zero-order chi connectivity index (χ0) is 13.5. The maximum atomic E-state index is 13.4. The Labute approximate surface area is 97.9 Å². The monoisotopic (exact) mass is 262 g/mol. The second-order valence-corrected chi connectivity index (χ2v) is 3.50. The van der Waals surface area contributed by atoms with Crippen LogP contribution in [-0.2, 0) is 11.0 Å². The van der Waals surface area contributed by atoms with Crippen LogP contribution in [0.4, 0.5) is 28.9 Å². The fraction of sp³-hybridized carbons (Fsp3) is 0.100. The molecule has 0 atom stereocenters. The van der Waals surface area contributed by atoms with Crippen LogP contribution < -0.4 is 10.6 Å². The van der Waals surface area contributed by atoms with Crippen molar-refractivity contribution in [1.82, 2.24) is 0 Å². The van der Waals surface area contributed by atoms with E-state index in [1.165, 1.54) is 0 Å². The molecule has 1 aliphatic heterocycles. The molecule has 0 spiro atoms. The molecule has 0 fully saturated rings. The zero-order valence-electron chi connectivity index (χ0n) is 8.60.